The van der Waals surface area contributed by atoms with Crippen molar-refractivity contribution in [3.8, 4) is 5.75 Å². The van der Waals surface area contributed by atoms with Gasteiger partial charge in [-0.2, -0.15) is 0 Å². The Bertz CT molecular complexity index is 404. The van der Waals surface area contributed by atoms with Crippen molar-refractivity contribution in [1.29, 1.82) is 0 Å². The molecule has 0 aliphatic heterocycles. The molecule has 20 heavy (non-hydrogen) atoms. The van der Waals surface area contributed by atoms with Crippen molar-refractivity contribution in [2.24, 2.45) is 0 Å². The predicted molar refractivity (Wildman–Crippen MR) is 90.5 cm³/mol. The van der Waals surface area contributed by atoms with Crippen molar-refractivity contribution in [3.63, 3.8) is 0 Å². The summed E-state index contributed by atoms with van der Waals surface area (Å²) in [4.78, 5) is 0. The van der Waals surface area contributed by atoms with Crippen LogP contribution >= 0.6 is 15.9 Å². The van der Waals surface area contributed by atoms with Crippen LogP contribution in [-0.4, -0.2) is 12.6 Å². The molecular formula is C17H28BrNO. The summed E-state index contributed by atoms with van der Waals surface area (Å²) in [5.74, 6) is 1.05. The van der Waals surface area contributed by atoms with E-state index in [1.54, 1.807) is 0 Å². The lowest BCUT2D eigenvalue weighted by atomic mass is 10.1. The highest BCUT2D eigenvalue weighted by molar-refractivity contribution is 9.10. The second-order valence-corrected chi connectivity index (χ2v) is 6.57. The van der Waals surface area contributed by atoms with Crippen LogP contribution in [0.3, 0.4) is 0 Å². The summed E-state index contributed by atoms with van der Waals surface area (Å²) in [6, 6.07) is 4.76. The smallest absolute Gasteiger partial charge is 0.126 e. The van der Waals surface area contributed by atoms with E-state index < -0.39 is 0 Å². The third-order valence-corrected chi connectivity index (χ3v) is 3.72. The van der Waals surface area contributed by atoms with E-state index in [4.69, 9.17) is 4.74 Å². The van der Waals surface area contributed by atoms with E-state index in [2.05, 4.69) is 61.1 Å². The van der Waals surface area contributed by atoms with Crippen molar-refractivity contribution in [1.82, 2.24) is 5.32 Å². The van der Waals surface area contributed by atoms with Crippen LogP contribution in [-0.2, 0) is 6.54 Å². The Kier molecular flexibility index (Phi) is 8.24. The largest absolute Gasteiger partial charge is 0.493 e. The molecule has 114 valence electrons. The fraction of sp³-hybridized carbons (Fsp3) is 0.647. The zero-order valence-corrected chi connectivity index (χ0v) is 14.8. The summed E-state index contributed by atoms with van der Waals surface area (Å²) in [6.07, 6.45) is 4.96. The molecule has 0 atom stereocenters. The normalized spacial score (nSPS) is 11.1. The standard InChI is InChI=1S/C17H28BrNO/c1-5-6-7-8-9-20-17-14(4)10-16(18)11-15(17)12-19-13(2)3/h10-11,13,19H,5-9,12H2,1-4H3. The van der Waals surface area contributed by atoms with Gasteiger partial charge in [0.2, 0.25) is 0 Å². The maximum absolute atomic E-state index is 6.04. The first-order valence-corrected chi connectivity index (χ1v) is 8.49. The van der Waals surface area contributed by atoms with Crippen molar-refractivity contribution in [2.75, 3.05) is 6.61 Å². The second-order valence-electron chi connectivity index (χ2n) is 5.66. The first-order valence-electron chi connectivity index (χ1n) is 7.69. The molecule has 0 unspecified atom stereocenters. The fourth-order valence-corrected chi connectivity index (χ4v) is 2.77. The van der Waals surface area contributed by atoms with Crippen LogP contribution in [0.2, 0.25) is 0 Å². The maximum atomic E-state index is 6.04. The Morgan fingerprint density at radius 2 is 1.95 bits per heavy atom. The molecule has 1 aromatic carbocycles. The van der Waals surface area contributed by atoms with Gasteiger partial charge in [0.15, 0.2) is 0 Å². The molecule has 0 spiro atoms. The fourth-order valence-electron chi connectivity index (χ4n) is 2.15. The summed E-state index contributed by atoms with van der Waals surface area (Å²) in [5, 5.41) is 3.47. The Morgan fingerprint density at radius 1 is 1.20 bits per heavy atom. The molecule has 0 fully saturated rings. The number of unbranched alkanes of at least 4 members (excludes halogenated alkanes) is 3. The van der Waals surface area contributed by atoms with Gasteiger partial charge in [-0.15, -0.1) is 0 Å². The molecular weight excluding hydrogens is 314 g/mol. The molecule has 0 aliphatic carbocycles. The van der Waals surface area contributed by atoms with Crippen LogP contribution in [0.5, 0.6) is 5.75 Å². The molecule has 2 nitrogen and oxygen atoms in total. The molecule has 0 heterocycles. The van der Waals surface area contributed by atoms with Crippen LogP contribution in [0.1, 0.15) is 57.6 Å². The topological polar surface area (TPSA) is 21.3 Å². The lowest BCUT2D eigenvalue weighted by Crippen LogP contribution is -2.22. The van der Waals surface area contributed by atoms with Gasteiger partial charge in [-0.25, -0.2) is 0 Å². The predicted octanol–water partition coefficient (Wildman–Crippen LogP) is 5.21. The van der Waals surface area contributed by atoms with Crippen molar-refractivity contribution in [2.45, 2.75) is 66.0 Å². The minimum atomic E-state index is 0.478. The lowest BCUT2D eigenvalue weighted by Gasteiger charge is -2.16. The maximum Gasteiger partial charge on any atom is 0.126 e. The zero-order valence-electron chi connectivity index (χ0n) is 13.3. The average Bonchev–Trinajstić information content (AvgIpc) is 2.38. The van der Waals surface area contributed by atoms with Crippen LogP contribution in [0, 0.1) is 6.92 Å². The van der Waals surface area contributed by atoms with Gasteiger partial charge in [-0.05, 0) is 31.0 Å². The number of hydrogen-bond acceptors (Lipinski definition) is 2. The number of halogens is 1. The van der Waals surface area contributed by atoms with Gasteiger partial charge in [0, 0.05) is 22.6 Å². The van der Waals surface area contributed by atoms with Gasteiger partial charge in [0.25, 0.3) is 0 Å². The molecule has 0 saturated heterocycles. The summed E-state index contributed by atoms with van der Waals surface area (Å²) in [5.41, 5.74) is 2.44. The molecule has 0 bridgehead atoms. The molecule has 3 heteroatoms. The van der Waals surface area contributed by atoms with Crippen LogP contribution in [0.15, 0.2) is 16.6 Å². The Labute approximate surface area is 132 Å². The number of rotatable bonds is 9. The van der Waals surface area contributed by atoms with E-state index in [1.807, 2.05) is 0 Å². The molecule has 1 rings (SSSR count). The minimum absolute atomic E-state index is 0.478. The third kappa shape index (κ3) is 6.27. The summed E-state index contributed by atoms with van der Waals surface area (Å²) < 4.78 is 7.16. The minimum Gasteiger partial charge on any atom is -0.493 e. The number of hydrogen-bond donors (Lipinski definition) is 1. The molecule has 0 aliphatic rings. The Hall–Kier alpha value is -0.540. The van der Waals surface area contributed by atoms with Crippen LogP contribution in [0.25, 0.3) is 0 Å². The van der Waals surface area contributed by atoms with Crippen LogP contribution in [0.4, 0.5) is 0 Å². The summed E-state index contributed by atoms with van der Waals surface area (Å²) >= 11 is 3.57. The second kappa shape index (κ2) is 9.41. The van der Waals surface area contributed by atoms with E-state index in [0.717, 1.165) is 29.8 Å². The number of benzene rings is 1. The van der Waals surface area contributed by atoms with E-state index in [1.165, 1.54) is 30.4 Å². The number of aryl methyl sites for hydroxylation is 1. The van der Waals surface area contributed by atoms with Gasteiger partial charge < -0.3 is 10.1 Å². The zero-order chi connectivity index (χ0) is 15.0. The molecule has 1 N–H and O–H groups in total. The third-order valence-electron chi connectivity index (χ3n) is 3.26. The summed E-state index contributed by atoms with van der Waals surface area (Å²) in [7, 11) is 0. The van der Waals surface area contributed by atoms with E-state index >= 15 is 0 Å². The van der Waals surface area contributed by atoms with E-state index in [-0.39, 0.29) is 0 Å². The van der Waals surface area contributed by atoms with E-state index in [9.17, 15) is 0 Å². The molecule has 0 aromatic heterocycles. The molecule has 0 amide bonds. The SMILES string of the molecule is CCCCCCOc1c(C)cc(Br)cc1CNC(C)C. The molecule has 0 saturated carbocycles. The lowest BCUT2D eigenvalue weighted by molar-refractivity contribution is 0.299. The first-order chi connectivity index (χ1) is 9.54. The van der Waals surface area contributed by atoms with Gasteiger partial charge >= 0.3 is 0 Å². The van der Waals surface area contributed by atoms with Gasteiger partial charge in [-0.1, -0.05) is 56.0 Å². The highest BCUT2D eigenvalue weighted by Crippen LogP contribution is 2.28. The van der Waals surface area contributed by atoms with Crippen LogP contribution < -0.4 is 10.1 Å². The van der Waals surface area contributed by atoms with Crippen molar-refractivity contribution < 1.29 is 4.74 Å². The molecule has 0 radical (unpaired) electrons. The van der Waals surface area contributed by atoms with Crippen molar-refractivity contribution in [3.05, 3.63) is 27.7 Å². The van der Waals surface area contributed by atoms with Gasteiger partial charge in [0.1, 0.15) is 5.75 Å². The average molecular weight is 342 g/mol. The Balaban J connectivity index is 2.66. The highest BCUT2D eigenvalue weighted by atomic mass is 79.9. The van der Waals surface area contributed by atoms with E-state index in [0.29, 0.717) is 6.04 Å². The summed E-state index contributed by atoms with van der Waals surface area (Å²) in [6.45, 7) is 10.3. The monoisotopic (exact) mass is 341 g/mol. The highest BCUT2D eigenvalue weighted by Gasteiger charge is 2.09. The van der Waals surface area contributed by atoms with Gasteiger partial charge in [0.05, 0.1) is 6.61 Å². The number of nitrogens with one attached hydrogen (secondary N) is 1. The van der Waals surface area contributed by atoms with Gasteiger partial charge in [-0.3, -0.25) is 0 Å². The molecule has 1 aromatic rings. The Morgan fingerprint density at radius 3 is 2.60 bits per heavy atom. The first kappa shape index (κ1) is 17.5. The van der Waals surface area contributed by atoms with Crippen molar-refractivity contribution >= 4 is 15.9 Å². The number of ether oxygens (including phenoxy) is 1. The quantitative estimate of drug-likeness (QED) is 0.622.